The van der Waals surface area contributed by atoms with Crippen LogP contribution in [0.2, 0.25) is 0 Å². The summed E-state index contributed by atoms with van der Waals surface area (Å²) in [5.41, 5.74) is 0.534. The smallest absolute Gasteiger partial charge is 0.200 e. The van der Waals surface area contributed by atoms with Crippen molar-refractivity contribution < 1.29 is 13.5 Å². The van der Waals surface area contributed by atoms with Gasteiger partial charge >= 0.3 is 0 Å². The highest BCUT2D eigenvalue weighted by molar-refractivity contribution is 5.33. The maximum absolute atomic E-state index is 14.5. The second kappa shape index (κ2) is 13.2. The molecule has 0 aliphatic heterocycles. The van der Waals surface area contributed by atoms with E-state index in [0.29, 0.717) is 5.56 Å². The van der Waals surface area contributed by atoms with Crippen molar-refractivity contribution in [1.29, 1.82) is 0 Å². The van der Waals surface area contributed by atoms with Crippen LogP contribution in [0.4, 0.5) is 8.78 Å². The lowest BCUT2D eigenvalue weighted by molar-refractivity contribution is 0.152. The number of methoxy groups -OCH3 is 1. The van der Waals surface area contributed by atoms with Crippen LogP contribution in [-0.4, -0.2) is 7.11 Å². The molecule has 4 rings (SSSR count). The molecule has 3 heteroatoms. The lowest BCUT2D eigenvalue weighted by atomic mass is 9.68. The number of halogens is 2. The molecule has 3 aliphatic rings. The Bertz CT molecular complexity index is 794. The van der Waals surface area contributed by atoms with E-state index in [4.69, 9.17) is 4.74 Å². The number of rotatable bonds is 9. The van der Waals surface area contributed by atoms with Crippen molar-refractivity contribution in [2.45, 2.75) is 116 Å². The molecule has 3 fully saturated rings. The minimum Gasteiger partial charge on any atom is -0.494 e. The summed E-state index contributed by atoms with van der Waals surface area (Å²) in [6.45, 7) is 2.33. The summed E-state index contributed by atoms with van der Waals surface area (Å²) in [6, 6.07) is 3.28. The molecule has 0 aromatic heterocycles. The molecule has 3 aliphatic carbocycles. The van der Waals surface area contributed by atoms with E-state index in [9.17, 15) is 8.78 Å². The third-order valence-electron chi connectivity index (χ3n) is 9.80. The third kappa shape index (κ3) is 7.10. The largest absolute Gasteiger partial charge is 0.494 e. The molecule has 0 unspecified atom stereocenters. The Hall–Kier alpha value is -1.38. The average molecular weight is 487 g/mol. The number of ether oxygens (including phenoxy) is 1. The molecular weight excluding hydrogens is 438 g/mol. The summed E-state index contributed by atoms with van der Waals surface area (Å²) >= 11 is 0. The van der Waals surface area contributed by atoms with Crippen LogP contribution >= 0.6 is 0 Å². The Morgan fingerprint density at radius 2 is 1.37 bits per heavy atom. The van der Waals surface area contributed by atoms with Crippen LogP contribution in [-0.2, 0) is 0 Å². The first kappa shape index (κ1) is 26.7. The predicted octanol–water partition coefficient (Wildman–Crippen LogP) is 10.00. The standard InChI is InChI=1S/C32H48F2O/c1-3-6-23-9-15-26(16-10-23)27-17-11-24(12-18-27)7-4-5-8-25-13-19-28(20-14-25)29-21-22-30(35-2)32(34)31(29)33/h4,7,21-28H,3,5-6,8-20H2,1-2H3/b7-4+. The molecule has 0 radical (unpaired) electrons. The molecule has 0 heterocycles. The minimum absolute atomic E-state index is 0.00487. The van der Waals surface area contributed by atoms with Gasteiger partial charge in [-0.15, -0.1) is 0 Å². The van der Waals surface area contributed by atoms with Gasteiger partial charge < -0.3 is 4.74 Å². The molecule has 0 atom stereocenters. The van der Waals surface area contributed by atoms with Gasteiger partial charge in [0.2, 0.25) is 5.82 Å². The summed E-state index contributed by atoms with van der Waals surface area (Å²) in [5, 5.41) is 0. The lowest BCUT2D eigenvalue weighted by Crippen LogP contribution is -2.25. The summed E-state index contributed by atoms with van der Waals surface area (Å²) in [4.78, 5) is 0. The second-order valence-corrected chi connectivity index (χ2v) is 12.0. The fourth-order valence-corrected chi connectivity index (χ4v) is 7.57. The Balaban J connectivity index is 1.12. The highest BCUT2D eigenvalue weighted by Gasteiger charge is 2.30. The maximum Gasteiger partial charge on any atom is 0.200 e. The van der Waals surface area contributed by atoms with E-state index in [2.05, 4.69) is 19.1 Å². The summed E-state index contributed by atoms with van der Waals surface area (Å²) in [5.74, 6) is 3.14. The van der Waals surface area contributed by atoms with Crippen LogP contribution < -0.4 is 4.74 Å². The molecule has 1 nitrogen and oxygen atoms in total. The SMILES string of the molecule is CCCC1CCC(C2CCC(/C=C/CCC3CCC(c4ccc(OC)c(F)c4F)CC3)CC2)CC1. The van der Waals surface area contributed by atoms with E-state index < -0.39 is 11.6 Å². The normalized spacial score (nSPS) is 32.1. The van der Waals surface area contributed by atoms with Gasteiger partial charge in [0.1, 0.15) is 0 Å². The predicted molar refractivity (Wildman–Crippen MR) is 142 cm³/mol. The van der Waals surface area contributed by atoms with E-state index in [1.807, 2.05) is 0 Å². The maximum atomic E-state index is 14.5. The zero-order valence-corrected chi connectivity index (χ0v) is 22.3. The van der Waals surface area contributed by atoms with E-state index >= 15 is 0 Å². The topological polar surface area (TPSA) is 9.23 Å². The molecule has 3 saturated carbocycles. The highest BCUT2D eigenvalue weighted by atomic mass is 19.2. The average Bonchev–Trinajstić information content (AvgIpc) is 2.90. The summed E-state index contributed by atoms with van der Waals surface area (Å²) in [6.07, 6.45) is 26.0. The van der Waals surface area contributed by atoms with Gasteiger partial charge in [0, 0.05) is 0 Å². The fraction of sp³-hybridized carbons (Fsp3) is 0.750. The molecule has 35 heavy (non-hydrogen) atoms. The van der Waals surface area contributed by atoms with Gasteiger partial charge in [-0.2, -0.15) is 4.39 Å². The van der Waals surface area contributed by atoms with Crippen molar-refractivity contribution in [3.8, 4) is 5.75 Å². The molecule has 0 amide bonds. The molecule has 1 aromatic rings. The van der Waals surface area contributed by atoms with Gasteiger partial charge in [-0.05, 0) is 124 Å². The fourth-order valence-electron chi connectivity index (χ4n) is 7.57. The quantitative estimate of drug-likeness (QED) is 0.315. The number of hydrogen-bond donors (Lipinski definition) is 0. The Kier molecular flexibility index (Phi) is 10.1. The zero-order valence-electron chi connectivity index (χ0n) is 22.3. The first-order valence-corrected chi connectivity index (χ1v) is 14.8. The van der Waals surface area contributed by atoms with Crippen LogP contribution in [0, 0.1) is 41.2 Å². The summed E-state index contributed by atoms with van der Waals surface area (Å²) in [7, 11) is 1.38. The third-order valence-corrected chi connectivity index (χ3v) is 9.80. The molecular formula is C32H48F2O. The number of allylic oxidation sites excluding steroid dienone is 2. The van der Waals surface area contributed by atoms with Crippen molar-refractivity contribution >= 4 is 0 Å². The minimum atomic E-state index is -0.842. The van der Waals surface area contributed by atoms with E-state index in [-0.39, 0.29) is 11.7 Å². The van der Waals surface area contributed by atoms with E-state index in [1.165, 1.54) is 84.2 Å². The van der Waals surface area contributed by atoms with Gasteiger partial charge in [0.25, 0.3) is 0 Å². The Labute approximate surface area is 213 Å². The monoisotopic (exact) mass is 486 g/mol. The van der Waals surface area contributed by atoms with E-state index in [1.54, 1.807) is 12.1 Å². The van der Waals surface area contributed by atoms with Gasteiger partial charge in [-0.3, -0.25) is 0 Å². The van der Waals surface area contributed by atoms with Crippen LogP contribution in [0.15, 0.2) is 24.3 Å². The van der Waals surface area contributed by atoms with Crippen molar-refractivity contribution in [3.63, 3.8) is 0 Å². The van der Waals surface area contributed by atoms with Gasteiger partial charge in [-0.25, -0.2) is 4.39 Å². The molecule has 0 saturated heterocycles. The van der Waals surface area contributed by atoms with E-state index in [0.717, 1.165) is 55.3 Å². The highest BCUT2D eigenvalue weighted by Crippen LogP contribution is 2.43. The summed E-state index contributed by atoms with van der Waals surface area (Å²) < 4.78 is 33.5. The molecule has 196 valence electrons. The Morgan fingerprint density at radius 1 is 0.771 bits per heavy atom. The van der Waals surface area contributed by atoms with Crippen LogP contribution in [0.1, 0.15) is 121 Å². The van der Waals surface area contributed by atoms with Crippen molar-refractivity contribution in [3.05, 3.63) is 41.5 Å². The van der Waals surface area contributed by atoms with Crippen LogP contribution in [0.5, 0.6) is 5.75 Å². The van der Waals surface area contributed by atoms with Crippen molar-refractivity contribution in [2.75, 3.05) is 7.11 Å². The Morgan fingerprint density at radius 3 is 2.00 bits per heavy atom. The zero-order chi connectivity index (χ0) is 24.6. The van der Waals surface area contributed by atoms with Gasteiger partial charge in [0.05, 0.1) is 7.11 Å². The lowest BCUT2D eigenvalue weighted by Gasteiger charge is -2.37. The van der Waals surface area contributed by atoms with Crippen molar-refractivity contribution in [1.82, 2.24) is 0 Å². The molecule has 1 aromatic carbocycles. The molecule has 0 spiro atoms. The molecule has 0 bridgehead atoms. The second-order valence-electron chi connectivity index (χ2n) is 12.0. The van der Waals surface area contributed by atoms with Crippen LogP contribution in [0.25, 0.3) is 0 Å². The van der Waals surface area contributed by atoms with Gasteiger partial charge in [-0.1, -0.05) is 50.8 Å². The van der Waals surface area contributed by atoms with Crippen LogP contribution in [0.3, 0.4) is 0 Å². The van der Waals surface area contributed by atoms with Gasteiger partial charge in [0.15, 0.2) is 11.6 Å². The first-order valence-electron chi connectivity index (χ1n) is 14.8. The number of hydrogen-bond acceptors (Lipinski definition) is 1. The molecule has 0 N–H and O–H groups in total. The van der Waals surface area contributed by atoms with Crippen molar-refractivity contribution in [2.24, 2.45) is 29.6 Å². The first-order chi connectivity index (χ1) is 17.1. The number of benzene rings is 1.